The molecule has 0 saturated carbocycles. The fraction of sp³-hybridized carbons (Fsp3) is 0.467. The number of hydrogen-bond donors (Lipinski definition) is 3. The lowest BCUT2D eigenvalue weighted by atomic mass is 9.93. The van der Waals surface area contributed by atoms with Crippen LogP contribution in [0.2, 0.25) is 0 Å². The standard InChI is InChI=1S/C13H16N6O.C2HF3O2/c14-11(20)10-12-15-4-1-5-19(12)17-13(10)18-7-8-2-3-9(18)6-16-8;3-2(4,5)1(6)7/h1,4-5,8-9,16H,2-3,6-7H2,(H2,14,20);(H,6,7). The maximum absolute atomic E-state index is 11.8. The summed E-state index contributed by atoms with van der Waals surface area (Å²) in [4.78, 5) is 27.2. The Bertz CT molecular complexity index is 860. The van der Waals surface area contributed by atoms with E-state index >= 15 is 0 Å². The van der Waals surface area contributed by atoms with Gasteiger partial charge in [0.1, 0.15) is 5.56 Å². The van der Waals surface area contributed by atoms with Crippen molar-refractivity contribution >= 4 is 23.3 Å². The number of piperazine rings is 1. The van der Waals surface area contributed by atoms with Crippen LogP contribution in [-0.2, 0) is 4.79 Å². The number of anilines is 1. The summed E-state index contributed by atoms with van der Waals surface area (Å²) < 4.78 is 33.4. The molecule has 0 aliphatic carbocycles. The van der Waals surface area contributed by atoms with Crippen LogP contribution in [0.1, 0.15) is 23.2 Å². The molecule has 2 atom stereocenters. The molecule has 3 aliphatic rings. The average molecular weight is 386 g/mol. The Kier molecular flexibility index (Phi) is 4.91. The van der Waals surface area contributed by atoms with Gasteiger partial charge in [-0.3, -0.25) is 4.79 Å². The lowest BCUT2D eigenvalue weighted by Crippen LogP contribution is -2.61. The molecule has 27 heavy (non-hydrogen) atoms. The third-order valence-corrected chi connectivity index (χ3v) is 4.49. The topological polar surface area (TPSA) is 126 Å². The fourth-order valence-electron chi connectivity index (χ4n) is 3.26. The van der Waals surface area contributed by atoms with E-state index in [-0.39, 0.29) is 0 Å². The lowest BCUT2D eigenvalue weighted by molar-refractivity contribution is -0.192. The molecular weight excluding hydrogens is 369 g/mol. The minimum Gasteiger partial charge on any atom is -0.475 e. The van der Waals surface area contributed by atoms with E-state index in [2.05, 4.69) is 20.3 Å². The van der Waals surface area contributed by atoms with Crippen LogP contribution in [0.15, 0.2) is 18.5 Å². The second-order valence-corrected chi connectivity index (χ2v) is 6.24. The van der Waals surface area contributed by atoms with Gasteiger partial charge in [0.05, 0.1) is 0 Å². The minimum atomic E-state index is -5.08. The molecular formula is C15H17F3N6O3. The minimum absolute atomic E-state index is 0.378. The number of nitrogens with two attached hydrogens (primary N) is 1. The van der Waals surface area contributed by atoms with Gasteiger partial charge >= 0.3 is 12.1 Å². The Morgan fingerprint density at radius 3 is 2.52 bits per heavy atom. The summed E-state index contributed by atoms with van der Waals surface area (Å²) in [5, 5.41) is 15.1. The summed E-state index contributed by atoms with van der Waals surface area (Å²) in [6.45, 7) is 1.80. The molecule has 2 unspecified atom stereocenters. The third kappa shape index (κ3) is 3.79. The van der Waals surface area contributed by atoms with Crippen molar-refractivity contribution in [3.63, 3.8) is 0 Å². The van der Waals surface area contributed by atoms with E-state index < -0.39 is 18.1 Å². The molecule has 0 radical (unpaired) electrons. The van der Waals surface area contributed by atoms with Crippen LogP contribution in [0.4, 0.5) is 19.0 Å². The number of rotatable bonds is 2. The number of alkyl halides is 3. The molecule has 5 rings (SSSR count). The van der Waals surface area contributed by atoms with Gasteiger partial charge in [-0.05, 0) is 18.9 Å². The van der Waals surface area contributed by atoms with Gasteiger partial charge in [-0.2, -0.15) is 13.2 Å². The van der Waals surface area contributed by atoms with Crippen molar-refractivity contribution in [1.82, 2.24) is 19.9 Å². The van der Waals surface area contributed by atoms with Gasteiger partial charge in [0, 0.05) is 37.6 Å². The molecule has 0 spiro atoms. The van der Waals surface area contributed by atoms with Gasteiger partial charge in [-0.1, -0.05) is 0 Å². The van der Waals surface area contributed by atoms with Crippen LogP contribution < -0.4 is 16.0 Å². The van der Waals surface area contributed by atoms with E-state index in [0.29, 0.717) is 29.1 Å². The number of nitrogens with zero attached hydrogens (tertiary/aromatic N) is 4. The zero-order chi connectivity index (χ0) is 19.8. The number of amides is 1. The molecule has 0 aromatic carbocycles. The van der Waals surface area contributed by atoms with Crippen LogP contribution in [0.5, 0.6) is 0 Å². The molecule has 2 aromatic rings. The fourth-order valence-corrected chi connectivity index (χ4v) is 3.26. The zero-order valence-corrected chi connectivity index (χ0v) is 14.0. The maximum atomic E-state index is 11.8. The SMILES string of the molecule is NC(=O)c1c(N2CC3CCC2CN3)nn2cccnc12.O=C(O)C(F)(F)F. The number of fused-ring (bicyclic) bond motifs is 4. The number of carboxylic acid groups (broad SMARTS) is 1. The first-order valence-electron chi connectivity index (χ1n) is 8.11. The number of nitrogens with one attached hydrogen (secondary N) is 1. The largest absolute Gasteiger partial charge is 0.490 e. The van der Waals surface area contributed by atoms with Gasteiger partial charge in [0.25, 0.3) is 5.91 Å². The van der Waals surface area contributed by atoms with Crippen LogP contribution in [0, 0.1) is 0 Å². The molecule has 146 valence electrons. The summed E-state index contributed by atoms with van der Waals surface area (Å²) in [6.07, 6.45) is 0.658. The molecule has 5 heterocycles. The van der Waals surface area contributed by atoms with Crippen molar-refractivity contribution in [2.75, 3.05) is 18.0 Å². The van der Waals surface area contributed by atoms with Gasteiger partial charge in [0.15, 0.2) is 11.5 Å². The number of aliphatic carboxylic acids is 1. The smallest absolute Gasteiger partial charge is 0.475 e. The highest BCUT2D eigenvalue weighted by molar-refractivity contribution is 6.03. The highest BCUT2D eigenvalue weighted by Gasteiger charge is 2.38. The molecule has 3 saturated heterocycles. The highest BCUT2D eigenvalue weighted by Crippen LogP contribution is 2.30. The van der Waals surface area contributed by atoms with Gasteiger partial charge < -0.3 is 21.1 Å². The quantitative estimate of drug-likeness (QED) is 0.682. The van der Waals surface area contributed by atoms with E-state index in [1.54, 1.807) is 23.0 Å². The van der Waals surface area contributed by atoms with Crippen molar-refractivity contribution in [3.8, 4) is 0 Å². The predicted molar refractivity (Wildman–Crippen MR) is 87.4 cm³/mol. The van der Waals surface area contributed by atoms with Crippen molar-refractivity contribution < 1.29 is 27.9 Å². The third-order valence-electron chi connectivity index (χ3n) is 4.49. The van der Waals surface area contributed by atoms with E-state index in [1.807, 2.05) is 0 Å². The van der Waals surface area contributed by atoms with Crippen molar-refractivity contribution in [2.45, 2.75) is 31.1 Å². The Morgan fingerprint density at radius 2 is 2.04 bits per heavy atom. The first-order valence-corrected chi connectivity index (χ1v) is 8.11. The summed E-state index contributed by atoms with van der Waals surface area (Å²) in [7, 11) is 0. The van der Waals surface area contributed by atoms with Gasteiger partial charge in [-0.15, -0.1) is 5.10 Å². The van der Waals surface area contributed by atoms with E-state index in [1.165, 1.54) is 6.42 Å². The Morgan fingerprint density at radius 1 is 1.33 bits per heavy atom. The van der Waals surface area contributed by atoms with Crippen molar-refractivity contribution in [1.29, 1.82) is 0 Å². The molecule has 2 aromatic heterocycles. The average Bonchev–Trinajstić information content (AvgIpc) is 3.02. The number of carbonyl (C=O) groups excluding carboxylic acids is 1. The predicted octanol–water partition coefficient (Wildman–Crippen LogP) is 0.402. The summed E-state index contributed by atoms with van der Waals surface area (Å²) in [6, 6.07) is 2.64. The number of carbonyl (C=O) groups is 2. The van der Waals surface area contributed by atoms with Crippen LogP contribution in [0.25, 0.3) is 5.65 Å². The summed E-state index contributed by atoms with van der Waals surface area (Å²) in [5.74, 6) is -2.55. The number of aromatic nitrogens is 3. The molecule has 12 heteroatoms. The van der Waals surface area contributed by atoms with E-state index in [0.717, 1.165) is 19.5 Å². The van der Waals surface area contributed by atoms with Crippen LogP contribution in [0.3, 0.4) is 0 Å². The van der Waals surface area contributed by atoms with E-state index in [9.17, 15) is 18.0 Å². The second-order valence-electron chi connectivity index (χ2n) is 6.24. The molecule has 3 aliphatic heterocycles. The summed E-state index contributed by atoms with van der Waals surface area (Å²) >= 11 is 0. The summed E-state index contributed by atoms with van der Waals surface area (Å²) in [5.41, 5.74) is 6.52. The number of carboxylic acids is 1. The number of primary amides is 1. The number of halogens is 3. The highest BCUT2D eigenvalue weighted by atomic mass is 19.4. The Balaban J connectivity index is 0.000000260. The molecule has 3 fully saturated rings. The molecule has 1 amide bonds. The normalized spacial score (nSPS) is 21.7. The van der Waals surface area contributed by atoms with Crippen LogP contribution in [-0.4, -0.2) is 62.9 Å². The van der Waals surface area contributed by atoms with Gasteiger partial charge in [-0.25, -0.2) is 14.3 Å². The van der Waals surface area contributed by atoms with E-state index in [4.69, 9.17) is 15.6 Å². The number of piperidine rings is 2. The lowest BCUT2D eigenvalue weighted by Gasteiger charge is -2.46. The first kappa shape index (κ1) is 18.9. The van der Waals surface area contributed by atoms with Crippen molar-refractivity contribution in [2.24, 2.45) is 5.73 Å². The molecule has 2 bridgehead atoms. The zero-order valence-electron chi connectivity index (χ0n) is 14.0. The first-order chi connectivity index (χ1) is 12.7. The monoisotopic (exact) mass is 386 g/mol. The second kappa shape index (κ2) is 7.02. The molecule has 9 nitrogen and oxygen atoms in total. The Hall–Kier alpha value is -2.89. The Labute approximate surface area is 150 Å². The molecule has 4 N–H and O–H groups in total. The number of hydrogen-bond acceptors (Lipinski definition) is 6. The van der Waals surface area contributed by atoms with Crippen molar-refractivity contribution in [3.05, 3.63) is 24.0 Å². The van der Waals surface area contributed by atoms with Crippen LogP contribution >= 0.6 is 0 Å². The van der Waals surface area contributed by atoms with Gasteiger partial charge in [0.2, 0.25) is 0 Å². The maximum Gasteiger partial charge on any atom is 0.490 e.